The number of esters is 1. The Bertz CT molecular complexity index is 1590. The summed E-state index contributed by atoms with van der Waals surface area (Å²) in [6.07, 6.45) is 4.53. The SMILES string of the molecule is CCCCN(CCCC)c1ccc2c(c1)Oc1ccc(N(C)c3ccccc3Cl)cc1C21OC(=O)c2ccccc21. The zero-order valence-electron chi connectivity index (χ0n) is 23.8. The Morgan fingerprint density at radius 1 is 0.756 bits per heavy atom. The maximum absolute atomic E-state index is 13.4. The van der Waals surface area contributed by atoms with Crippen molar-refractivity contribution in [2.24, 2.45) is 0 Å². The third-order valence-electron chi connectivity index (χ3n) is 8.21. The number of carbonyl (C=O) groups is 1. The molecule has 2 aliphatic heterocycles. The van der Waals surface area contributed by atoms with Gasteiger partial charge in [-0.1, -0.05) is 68.6 Å². The van der Waals surface area contributed by atoms with Gasteiger partial charge in [-0.15, -0.1) is 0 Å². The fraction of sp³-hybridized carbons (Fsp3) is 0.286. The van der Waals surface area contributed by atoms with Crippen molar-refractivity contribution in [3.8, 4) is 11.5 Å². The van der Waals surface area contributed by atoms with Crippen molar-refractivity contribution in [3.05, 3.63) is 112 Å². The number of halogens is 1. The number of hydrogen-bond donors (Lipinski definition) is 0. The molecule has 2 aliphatic rings. The number of unbranched alkanes of at least 4 members (excludes halogenated alkanes) is 2. The normalized spacial score (nSPS) is 16.4. The van der Waals surface area contributed by atoms with E-state index in [0.29, 0.717) is 22.1 Å². The molecule has 4 aromatic rings. The predicted octanol–water partition coefficient (Wildman–Crippen LogP) is 9.08. The van der Waals surface area contributed by atoms with Gasteiger partial charge in [-0.05, 0) is 61.4 Å². The average Bonchev–Trinajstić information content (AvgIpc) is 3.29. The number of benzene rings is 4. The molecule has 41 heavy (non-hydrogen) atoms. The summed E-state index contributed by atoms with van der Waals surface area (Å²) in [6.45, 7) is 6.43. The number of hydrogen-bond acceptors (Lipinski definition) is 5. The van der Waals surface area contributed by atoms with E-state index in [-0.39, 0.29) is 5.97 Å². The van der Waals surface area contributed by atoms with Crippen LogP contribution in [0.4, 0.5) is 17.1 Å². The van der Waals surface area contributed by atoms with E-state index < -0.39 is 5.60 Å². The van der Waals surface area contributed by atoms with Gasteiger partial charge in [-0.25, -0.2) is 4.79 Å². The van der Waals surface area contributed by atoms with Crippen molar-refractivity contribution in [2.45, 2.75) is 45.1 Å². The van der Waals surface area contributed by atoms with Crippen molar-refractivity contribution >= 4 is 34.6 Å². The summed E-state index contributed by atoms with van der Waals surface area (Å²) in [6, 6.07) is 27.8. The first-order valence-corrected chi connectivity index (χ1v) is 14.9. The maximum Gasteiger partial charge on any atom is 0.340 e. The smallest absolute Gasteiger partial charge is 0.340 e. The highest BCUT2D eigenvalue weighted by Crippen LogP contribution is 2.57. The lowest BCUT2D eigenvalue weighted by Crippen LogP contribution is -2.33. The van der Waals surface area contributed by atoms with E-state index in [1.165, 1.54) is 0 Å². The quantitative estimate of drug-likeness (QED) is 0.189. The van der Waals surface area contributed by atoms with Crippen LogP contribution in [0, 0.1) is 0 Å². The Morgan fingerprint density at radius 2 is 1.46 bits per heavy atom. The number of para-hydroxylation sites is 1. The van der Waals surface area contributed by atoms with Gasteiger partial charge in [-0.3, -0.25) is 0 Å². The van der Waals surface area contributed by atoms with Crippen LogP contribution in [0.15, 0.2) is 84.9 Å². The minimum atomic E-state index is -1.12. The van der Waals surface area contributed by atoms with Gasteiger partial charge in [-0.2, -0.15) is 0 Å². The summed E-state index contributed by atoms with van der Waals surface area (Å²) in [7, 11) is 1.98. The van der Waals surface area contributed by atoms with Gasteiger partial charge in [0.15, 0.2) is 5.60 Å². The largest absolute Gasteiger partial charge is 0.456 e. The molecule has 1 spiro atoms. The fourth-order valence-electron chi connectivity index (χ4n) is 5.99. The number of nitrogens with zero attached hydrogens (tertiary/aromatic N) is 2. The molecule has 2 heterocycles. The van der Waals surface area contributed by atoms with Gasteiger partial charge in [0.05, 0.1) is 16.3 Å². The number of anilines is 3. The van der Waals surface area contributed by atoms with Crippen LogP contribution in [0.5, 0.6) is 11.5 Å². The van der Waals surface area contributed by atoms with E-state index in [9.17, 15) is 4.79 Å². The van der Waals surface area contributed by atoms with Gasteiger partial charge >= 0.3 is 5.97 Å². The summed E-state index contributed by atoms with van der Waals surface area (Å²) in [5, 5.41) is 0.657. The molecule has 6 rings (SSSR count). The molecule has 0 saturated carbocycles. The Kier molecular flexibility index (Phi) is 7.39. The third kappa shape index (κ3) is 4.62. The van der Waals surface area contributed by atoms with Crippen LogP contribution in [0.1, 0.15) is 66.6 Å². The van der Waals surface area contributed by atoms with Gasteiger partial charge < -0.3 is 19.3 Å². The summed E-state index contributed by atoms with van der Waals surface area (Å²) in [5.41, 5.74) is 4.82. The fourth-order valence-corrected chi connectivity index (χ4v) is 6.25. The van der Waals surface area contributed by atoms with Crippen LogP contribution in [0.25, 0.3) is 0 Å². The molecule has 6 heteroatoms. The molecule has 0 radical (unpaired) electrons. The maximum atomic E-state index is 13.4. The summed E-state index contributed by atoms with van der Waals surface area (Å²) in [4.78, 5) is 17.8. The second-order valence-electron chi connectivity index (χ2n) is 10.8. The highest BCUT2D eigenvalue weighted by Gasteiger charge is 2.53. The zero-order valence-corrected chi connectivity index (χ0v) is 24.6. The molecule has 0 saturated heterocycles. The topological polar surface area (TPSA) is 42.0 Å². The second kappa shape index (κ2) is 11.1. The Hall–Kier alpha value is -3.96. The van der Waals surface area contributed by atoms with Crippen LogP contribution < -0.4 is 14.5 Å². The molecule has 0 bridgehead atoms. The molecule has 4 aromatic carbocycles. The van der Waals surface area contributed by atoms with E-state index in [4.69, 9.17) is 21.1 Å². The van der Waals surface area contributed by atoms with Gasteiger partial charge in [0.1, 0.15) is 11.5 Å². The standard InChI is InChI=1S/C35H35ClN2O3/c1-4-6-20-38(21-7-5-2)25-16-18-28-33(23-25)40-32-19-17-24(37(3)31-15-11-10-14-30(31)36)22-29(32)35(28)27-13-9-8-12-26(27)34(39)41-35/h8-19,22-23H,4-7,20-21H2,1-3H3. The van der Waals surface area contributed by atoms with Gasteiger partial charge in [0.25, 0.3) is 0 Å². The lowest BCUT2D eigenvalue weighted by molar-refractivity contribution is 0.0224. The molecular formula is C35H35ClN2O3. The van der Waals surface area contributed by atoms with E-state index in [1.54, 1.807) is 0 Å². The van der Waals surface area contributed by atoms with Crippen molar-refractivity contribution < 1.29 is 14.3 Å². The molecule has 0 fully saturated rings. The first-order chi connectivity index (χ1) is 20.0. The Balaban J connectivity index is 1.51. The summed E-state index contributed by atoms with van der Waals surface area (Å²) in [5.74, 6) is 1.05. The van der Waals surface area contributed by atoms with Crippen LogP contribution in [-0.4, -0.2) is 26.1 Å². The number of carbonyl (C=O) groups excluding carboxylic acids is 1. The van der Waals surface area contributed by atoms with Gasteiger partial charge in [0.2, 0.25) is 0 Å². The monoisotopic (exact) mass is 566 g/mol. The van der Waals surface area contributed by atoms with Crippen LogP contribution in [0.2, 0.25) is 5.02 Å². The minimum Gasteiger partial charge on any atom is -0.456 e. The van der Waals surface area contributed by atoms with E-state index in [0.717, 1.165) is 72.5 Å². The number of fused-ring (bicyclic) bond motifs is 6. The highest BCUT2D eigenvalue weighted by atomic mass is 35.5. The van der Waals surface area contributed by atoms with Gasteiger partial charge in [0, 0.05) is 54.3 Å². The second-order valence-corrected chi connectivity index (χ2v) is 11.2. The summed E-state index contributed by atoms with van der Waals surface area (Å²) < 4.78 is 13.0. The molecule has 210 valence electrons. The molecule has 0 N–H and O–H groups in total. The van der Waals surface area contributed by atoms with E-state index in [2.05, 4.69) is 43.0 Å². The molecule has 5 nitrogen and oxygen atoms in total. The Labute approximate surface area is 247 Å². The third-order valence-corrected chi connectivity index (χ3v) is 8.53. The lowest BCUT2D eigenvalue weighted by Gasteiger charge is -2.38. The first kappa shape index (κ1) is 27.2. The highest BCUT2D eigenvalue weighted by molar-refractivity contribution is 6.33. The molecule has 1 atom stereocenters. The Morgan fingerprint density at radius 3 is 2.22 bits per heavy atom. The lowest BCUT2D eigenvalue weighted by atomic mass is 9.77. The van der Waals surface area contributed by atoms with Crippen LogP contribution >= 0.6 is 11.6 Å². The number of ether oxygens (including phenoxy) is 2. The molecular weight excluding hydrogens is 532 g/mol. The zero-order chi connectivity index (χ0) is 28.6. The number of rotatable bonds is 9. The van der Waals surface area contributed by atoms with E-state index in [1.807, 2.05) is 72.6 Å². The van der Waals surface area contributed by atoms with Crippen LogP contribution in [0.3, 0.4) is 0 Å². The van der Waals surface area contributed by atoms with E-state index >= 15 is 0 Å². The average molecular weight is 567 g/mol. The molecule has 1 unspecified atom stereocenters. The van der Waals surface area contributed by atoms with Crippen molar-refractivity contribution in [2.75, 3.05) is 29.9 Å². The molecule has 0 amide bonds. The van der Waals surface area contributed by atoms with Crippen molar-refractivity contribution in [3.63, 3.8) is 0 Å². The van der Waals surface area contributed by atoms with Crippen LogP contribution in [-0.2, 0) is 10.3 Å². The van der Waals surface area contributed by atoms with Crippen molar-refractivity contribution in [1.29, 1.82) is 0 Å². The predicted molar refractivity (Wildman–Crippen MR) is 166 cm³/mol. The molecule has 0 aromatic heterocycles. The molecule has 0 aliphatic carbocycles. The minimum absolute atomic E-state index is 0.333. The first-order valence-electron chi connectivity index (χ1n) is 14.5. The summed E-state index contributed by atoms with van der Waals surface area (Å²) >= 11 is 6.55. The van der Waals surface area contributed by atoms with Crippen molar-refractivity contribution in [1.82, 2.24) is 0 Å².